The van der Waals surface area contributed by atoms with Crippen molar-refractivity contribution in [2.24, 2.45) is 11.8 Å². The van der Waals surface area contributed by atoms with Crippen LogP contribution in [0.2, 0.25) is 0 Å². The van der Waals surface area contributed by atoms with Crippen LogP contribution in [0.1, 0.15) is 18.4 Å². The molecule has 2 aliphatic rings. The summed E-state index contributed by atoms with van der Waals surface area (Å²) in [6.07, 6.45) is 2.13. The molecular weight excluding hydrogens is 358 g/mol. The van der Waals surface area contributed by atoms with E-state index in [9.17, 15) is 19.2 Å². The zero-order chi connectivity index (χ0) is 19.7. The third-order valence-corrected chi connectivity index (χ3v) is 5.26. The van der Waals surface area contributed by atoms with Crippen LogP contribution in [0.4, 0.5) is 5.82 Å². The monoisotopic (exact) mass is 379 g/mol. The van der Waals surface area contributed by atoms with Gasteiger partial charge in [0.15, 0.2) is 0 Å². The van der Waals surface area contributed by atoms with E-state index >= 15 is 0 Å². The molecule has 7 nitrogen and oxygen atoms in total. The Kier molecular flexibility index (Phi) is 4.81. The molecule has 0 spiro atoms. The fourth-order valence-electron chi connectivity index (χ4n) is 3.61. The fraction of sp³-hybridized carbons (Fsp3) is 0.333. The Morgan fingerprint density at radius 2 is 1.79 bits per heavy atom. The van der Waals surface area contributed by atoms with Crippen LogP contribution in [0, 0.1) is 11.8 Å². The van der Waals surface area contributed by atoms with E-state index < -0.39 is 23.5 Å². The topological polar surface area (TPSA) is 99.3 Å². The second-order valence-electron chi connectivity index (χ2n) is 7.36. The lowest BCUT2D eigenvalue weighted by Crippen LogP contribution is -2.39. The Morgan fingerprint density at radius 3 is 2.46 bits per heavy atom. The van der Waals surface area contributed by atoms with Gasteiger partial charge in [-0.2, -0.15) is 0 Å². The van der Waals surface area contributed by atoms with Crippen LogP contribution in [-0.2, 0) is 20.8 Å². The van der Waals surface area contributed by atoms with Gasteiger partial charge < -0.3 is 10.3 Å². The van der Waals surface area contributed by atoms with Gasteiger partial charge in [0, 0.05) is 18.7 Å². The predicted octanol–water partition coefficient (Wildman–Crippen LogP) is 1.04. The number of ketones is 1. The third-order valence-electron chi connectivity index (χ3n) is 5.26. The molecule has 1 saturated heterocycles. The Labute approximate surface area is 161 Å². The van der Waals surface area contributed by atoms with E-state index in [-0.39, 0.29) is 24.1 Å². The van der Waals surface area contributed by atoms with Crippen molar-refractivity contribution in [1.29, 1.82) is 0 Å². The fourth-order valence-corrected chi connectivity index (χ4v) is 3.61. The van der Waals surface area contributed by atoms with Crippen LogP contribution in [0.5, 0.6) is 0 Å². The molecule has 28 heavy (non-hydrogen) atoms. The second kappa shape index (κ2) is 7.42. The van der Waals surface area contributed by atoms with E-state index in [4.69, 9.17) is 0 Å². The molecule has 2 atom stereocenters. The Bertz CT molecular complexity index is 965. The van der Waals surface area contributed by atoms with Gasteiger partial charge >= 0.3 is 0 Å². The SMILES string of the molecule is O=C(NC1CC1)C(=O)[C@H]1CN(c2cccc(=O)[nH]2)C(=O)[C@@H]1Cc1ccccc1. The summed E-state index contributed by atoms with van der Waals surface area (Å²) in [7, 11) is 0. The van der Waals surface area contributed by atoms with Crippen LogP contribution in [0.3, 0.4) is 0 Å². The quantitative estimate of drug-likeness (QED) is 0.733. The highest BCUT2D eigenvalue weighted by molar-refractivity contribution is 6.38. The maximum absolute atomic E-state index is 13.1. The number of nitrogens with one attached hydrogen (secondary N) is 2. The number of H-pyrrole nitrogens is 1. The van der Waals surface area contributed by atoms with E-state index in [0.29, 0.717) is 12.2 Å². The molecule has 1 saturated carbocycles. The van der Waals surface area contributed by atoms with Crippen molar-refractivity contribution in [2.75, 3.05) is 11.4 Å². The molecule has 2 heterocycles. The van der Waals surface area contributed by atoms with Crippen molar-refractivity contribution < 1.29 is 14.4 Å². The highest BCUT2D eigenvalue weighted by Gasteiger charge is 2.47. The van der Waals surface area contributed by atoms with E-state index in [2.05, 4.69) is 10.3 Å². The summed E-state index contributed by atoms with van der Waals surface area (Å²) in [5.41, 5.74) is 0.593. The number of Topliss-reactive ketones (excluding diaryl/α,β-unsaturated/α-hetero) is 1. The lowest BCUT2D eigenvalue weighted by Gasteiger charge is -2.16. The van der Waals surface area contributed by atoms with Gasteiger partial charge in [0.25, 0.3) is 5.91 Å². The number of hydrogen-bond donors (Lipinski definition) is 2. The molecule has 2 N–H and O–H groups in total. The molecule has 1 aliphatic carbocycles. The highest BCUT2D eigenvalue weighted by atomic mass is 16.2. The van der Waals surface area contributed by atoms with Gasteiger partial charge in [0.2, 0.25) is 17.2 Å². The minimum atomic E-state index is -0.754. The molecule has 0 bridgehead atoms. The van der Waals surface area contributed by atoms with Crippen molar-refractivity contribution in [3.8, 4) is 0 Å². The minimum absolute atomic E-state index is 0.0720. The van der Waals surface area contributed by atoms with Crippen LogP contribution in [0.25, 0.3) is 0 Å². The molecule has 144 valence electrons. The zero-order valence-corrected chi connectivity index (χ0v) is 15.3. The first kappa shape index (κ1) is 18.2. The molecule has 2 aromatic rings. The summed E-state index contributed by atoms with van der Waals surface area (Å²) >= 11 is 0. The Hall–Kier alpha value is -3.22. The van der Waals surface area contributed by atoms with Gasteiger partial charge in [0.05, 0.1) is 11.8 Å². The molecular formula is C21H21N3O4. The molecule has 1 aliphatic heterocycles. The van der Waals surface area contributed by atoms with Crippen molar-refractivity contribution in [2.45, 2.75) is 25.3 Å². The van der Waals surface area contributed by atoms with Gasteiger partial charge in [0.1, 0.15) is 5.82 Å². The summed E-state index contributed by atoms with van der Waals surface area (Å²) in [6.45, 7) is 0.0766. The predicted molar refractivity (Wildman–Crippen MR) is 103 cm³/mol. The van der Waals surface area contributed by atoms with Gasteiger partial charge in [-0.1, -0.05) is 36.4 Å². The molecule has 2 fully saturated rings. The number of anilines is 1. The molecule has 7 heteroatoms. The summed E-state index contributed by atoms with van der Waals surface area (Å²) < 4.78 is 0. The van der Waals surface area contributed by atoms with Gasteiger partial charge in [-0.25, -0.2) is 0 Å². The standard InChI is InChI=1S/C21H21N3O4/c25-18-8-4-7-17(23-18)24-12-16(19(26)20(27)22-14-9-10-14)15(21(24)28)11-13-5-2-1-3-6-13/h1-8,14-16H,9-12H2,(H,22,27)(H,23,25)/t15-,16+/m1/s1. The number of aromatic nitrogens is 1. The Balaban J connectivity index is 1.62. The number of amides is 2. The lowest BCUT2D eigenvalue weighted by molar-refractivity contribution is -0.141. The summed E-state index contributed by atoms with van der Waals surface area (Å²) in [5, 5.41) is 2.72. The van der Waals surface area contributed by atoms with Crippen molar-refractivity contribution in [3.63, 3.8) is 0 Å². The molecule has 0 radical (unpaired) electrons. The average molecular weight is 379 g/mol. The molecule has 0 unspecified atom stereocenters. The minimum Gasteiger partial charge on any atom is -0.347 e. The normalized spacial score (nSPS) is 21.6. The maximum Gasteiger partial charge on any atom is 0.287 e. The van der Waals surface area contributed by atoms with Crippen LogP contribution < -0.4 is 15.8 Å². The van der Waals surface area contributed by atoms with E-state index in [1.54, 1.807) is 12.1 Å². The first-order valence-corrected chi connectivity index (χ1v) is 9.42. The lowest BCUT2D eigenvalue weighted by atomic mass is 9.86. The van der Waals surface area contributed by atoms with Gasteiger partial charge in [-0.15, -0.1) is 0 Å². The molecule has 4 rings (SSSR count). The Morgan fingerprint density at radius 1 is 1.04 bits per heavy atom. The summed E-state index contributed by atoms with van der Waals surface area (Å²) in [6, 6.07) is 14.0. The van der Waals surface area contributed by atoms with Crippen molar-refractivity contribution in [3.05, 3.63) is 64.4 Å². The first-order chi connectivity index (χ1) is 13.5. The first-order valence-electron chi connectivity index (χ1n) is 9.42. The zero-order valence-electron chi connectivity index (χ0n) is 15.3. The number of carbonyl (C=O) groups is 3. The number of hydrogen-bond acceptors (Lipinski definition) is 4. The number of pyridine rings is 1. The molecule has 2 amide bonds. The number of nitrogens with zero attached hydrogens (tertiary/aromatic N) is 1. The second-order valence-corrected chi connectivity index (χ2v) is 7.36. The van der Waals surface area contributed by atoms with Crippen LogP contribution in [0.15, 0.2) is 53.3 Å². The van der Waals surface area contributed by atoms with Crippen LogP contribution in [-0.4, -0.2) is 35.2 Å². The smallest absolute Gasteiger partial charge is 0.287 e. The number of rotatable bonds is 6. The molecule has 1 aromatic carbocycles. The van der Waals surface area contributed by atoms with Gasteiger partial charge in [-0.3, -0.25) is 24.1 Å². The van der Waals surface area contributed by atoms with Gasteiger partial charge in [-0.05, 0) is 30.9 Å². The maximum atomic E-state index is 13.1. The van der Waals surface area contributed by atoms with E-state index in [0.717, 1.165) is 18.4 Å². The highest BCUT2D eigenvalue weighted by Crippen LogP contribution is 2.32. The van der Waals surface area contributed by atoms with Crippen molar-refractivity contribution in [1.82, 2.24) is 10.3 Å². The average Bonchev–Trinajstić information content (AvgIpc) is 3.45. The molecule has 1 aromatic heterocycles. The number of carbonyl (C=O) groups excluding carboxylic acids is 3. The van der Waals surface area contributed by atoms with E-state index in [1.807, 2.05) is 30.3 Å². The number of benzene rings is 1. The number of aromatic amines is 1. The summed E-state index contributed by atoms with van der Waals surface area (Å²) in [4.78, 5) is 54.0. The summed E-state index contributed by atoms with van der Waals surface area (Å²) in [5.74, 6) is -2.51. The third kappa shape index (κ3) is 3.74. The van der Waals surface area contributed by atoms with E-state index in [1.165, 1.54) is 11.0 Å². The van der Waals surface area contributed by atoms with Crippen molar-refractivity contribution >= 4 is 23.4 Å². The largest absolute Gasteiger partial charge is 0.347 e. The van der Waals surface area contributed by atoms with Crippen LogP contribution >= 0.6 is 0 Å².